The minimum Gasteiger partial charge on any atom is -0.465 e. The summed E-state index contributed by atoms with van der Waals surface area (Å²) in [6.45, 7) is 5.78. The average molecular weight is 316 g/mol. The van der Waals surface area contributed by atoms with Gasteiger partial charge in [0.1, 0.15) is 0 Å². The van der Waals surface area contributed by atoms with E-state index in [2.05, 4.69) is 10.3 Å². The molecule has 0 aliphatic rings. The van der Waals surface area contributed by atoms with Crippen molar-refractivity contribution >= 4 is 11.9 Å². The van der Waals surface area contributed by atoms with Crippen LogP contribution in [0.15, 0.2) is 29.3 Å². The van der Waals surface area contributed by atoms with E-state index in [1.165, 1.54) is 12.1 Å². The molecular formula is C15H19F3N2O2. The molecule has 122 valence electrons. The number of amides is 1. The van der Waals surface area contributed by atoms with Crippen LogP contribution in [-0.4, -0.2) is 24.6 Å². The molecule has 0 aliphatic heterocycles. The molecule has 1 N–H and O–H groups in total. The third kappa shape index (κ3) is 5.38. The first kappa shape index (κ1) is 18.0. The zero-order valence-electron chi connectivity index (χ0n) is 12.7. The van der Waals surface area contributed by atoms with Gasteiger partial charge < -0.3 is 4.74 Å². The molecule has 0 bridgehead atoms. The van der Waals surface area contributed by atoms with Crippen molar-refractivity contribution in [2.75, 3.05) is 6.61 Å². The van der Waals surface area contributed by atoms with Gasteiger partial charge in [-0.25, -0.2) is 4.99 Å². The Kier molecular flexibility index (Phi) is 6.39. The molecule has 1 aromatic carbocycles. The summed E-state index contributed by atoms with van der Waals surface area (Å²) in [6, 6.07) is 4.14. The third-order valence-electron chi connectivity index (χ3n) is 2.88. The van der Waals surface area contributed by atoms with Crippen LogP contribution in [0, 0.1) is 0 Å². The van der Waals surface area contributed by atoms with E-state index in [1.54, 1.807) is 6.92 Å². The van der Waals surface area contributed by atoms with Crippen molar-refractivity contribution in [1.29, 1.82) is 0 Å². The summed E-state index contributed by atoms with van der Waals surface area (Å²) in [4.78, 5) is 16.2. The topological polar surface area (TPSA) is 50.7 Å². The van der Waals surface area contributed by atoms with Gasteiger partial charge in [-0.15, -0.1) is 0 Å². The van der Waals surface area contributed by atoms with Gasteiger partial charge in [-0.1, -0.05) is 13.0 Å². The highest BCUT2D eigenvalue weighted by molar-refractivity contribution is 6.04. The average Bonchev–Trinajstić information content (AvgIpc) is 2.46. The van der Waals surface area contributed by atoms with Crippen molar-refractivity contribution in [3.05, 3.63) is 35.4 Å². The lowest BCUT2D eigenvalue weighted by atomic mass is 10.1. The van der Waals surface area contributed by atoms with Crippen LogP contribution in [0.5, 0.6) is 0 Å². The Bertz CT molecular complexity index is 542. The second-order valence-electron chi connectivity index (χ2n) is 4.66. The van der Waals surface area contributed by atoms with E-state index in [-0.39, 0.29) is 24.2 Å². The molecule has 0 spiro atoms. The lowest BCUT2D eigenvalue weighted by molar-refractivity contribution is -0.137. The number of carbonyl (C=O) groups is 1. The van der Waals surface area contributed by atoms with Gasteiger partial charge in [0.25, 0.3) is 11.9 Å². The summed E-state index contributed by atoms with van der Waals surface area (Å²) in [7, 11) is 0. The van der Waals surface area contributed by atoms with E-state index in [1.807, 2.05) is 13.8 Å². The molecule has 7 heteroatoms. The predicted molar refractivity (Wildman–Crippen MR) is 77.7 cm³/mol. The van der Waals surface area contributed by atoms with Gasteiger partial charge >= 0.3 is 6.18 Å². The minimum atomic E-state index is -4.50. The largest absolute Gasteiger partial charge is 0.465 e. The van der Waals surface area contributed by atoms with Crippen LogP contribution in [0.1, 0.15) is 43.1 Å². The Morgan fingerprint density at radius 2 is 2.05 bits per heavy atom. The molecule has 1 atom stereocenters. The number of carbonyl (C=O) groups excluding carboxylic acids is 1. The van der Waals surface area contributed by atoms with Crippen LogP contribution < -0.4 is 5.32 Å². The van der Waals surface area contributed by atoms with Crippen LogP contribution in [-0.2, 0) is 10.9 Å². The summed E-state index contributed by atoms with van der Waals surface area (Å²) < 4.78 is 43.2. The summed E-state index contributed by atoms with van der Waals surface area (Å²) in [6.07, 6.45) is -3.75. The summed E-state index contributed by atoms with van der Waals surface area (Å²) in [5.41, 5.74) is -0.983. The summed E-state index contributed by atoms with van der Waals surface area (Å²) in [5, 5.41) is 2.40. The molecule has 0 fully saturated rings. The Labute approximate surface area is 127 Å². The molecule has 1 rings (SSSR count). The van der Waals surface area contributed by atoms with Crippen molar-refractivity contribution in [3.8, 4) is 0 Å². The first-order valence-corrected chi connectivity index (χ1v) is 6.97. The van der Waals surface area contributed by atoms with E-state index in [4.69, 9.17) is 4.74 Å². The first-order valence-electron chi connectivity index (χ1n) is 6.97. The highest BCUT2D eigenvalue weighted by atomic mass is 19.4. The monoisotopic (exact) mass is 316 g/mol. The normalized spacial score (nSPS) is 13.6. The Morgan fingerprint density at radius 1 is 1.36 bits per heavy atom. The number of halogens is 3. The number of rotatable bonds is 4. The molecule has 0 saturated carbocycles. The van der Waals surface area contributed by atoms with Crippen molar-refractivity contribution in [1.82, 2.24) is 5.32 Å². The zero-order valence-corrected chi connectivity index (χ0v) is 12.7. The summed E-state index contributed by atoms with van der Waals surface area (Å²) >= 11 is 0. The number of aliphatic imine (C=N–C) groups is 1. The maximum atomic E-state index is 12.7. The van der Waals surface area contributed by atoms with Gasteiger partial charge in [0.15, 0.2) is 0 Å². The lowest BCUT2D eigenvalue weighted by Gasteiger charge is -2.12. The predicted octanol–water partition coefficient (Wildman–Crippen LogP) is 3.63. The van der Waals surface area contributed by atoms with Crippen LogP contribution in [0.25, 0.3) is 0 Å². The van der Waals surface area contributed by atoms with Gasteiger partial charge in [-0.05, 0) is 38.5 Å². The highest BCUT2D eigenvalue weighted by Crippen LogP contribution is 2.29. The molecule has 1 amide bonds. The molecule has 0 radical (unpaired) electrons. The van der Waals surface area contributed by atoms with Crippen LogP contribution in [0.3, 0.4) is 0 Å². The smallest absolute Gasteiger partial charge is 0.416 e. The third-order valence-corrected chi connectivity index (χ3v) is 2.88. The Morgan fingerprint density at radius 3 is 2.59 bits per heavy atom. The fourth-order valence-corrected chi connectivity index (χ4v) is 1.54. The fourth-order valence-electron chi connectivity index (χ4n) is 1.54. The Balaban J connectivity index is 2.93. The summed E-state index contributed by atoms with van der Waals surface area (Å²) in [5.74, 6) is -0.693. The van der Waals surface area contributed by atoms with Gasteiger partial charge in [0.05, 0.1) is 18.2 Å². The fraction of sp³-hybridized carbons (Fsp3) is 0.467. The maximum absolute atomic E-state index is 12.7. The van der Waals surface area contributed by atoms with E-state index in [9.17, 15) is 18.0 Å². The van der Waals surface area contributed by atoms with Crippen molar-refractivity contribution in [2.45, 2.75) is 39.4 Å². The maximum Gasteiger partial charge on any atom is 0.416 e. The number of hydrogen-bond acceptors (Lipinski definition) is 3. The number of nitrogens with zero attached hydrogens (tertiary/aromatic N) is 1. The lowest BCUT2D eigenvalue weighted by Crippen LogP contribution is -2.33. The van der Waals surface area contributed by atoms with Crippen LogP contribution in [0.4, 0.5) is 13.2 Å². The van der Waals surface area contributed by atoms with Gasteiger partial charge in [0.2, 0.25) is 0 Å². The van der Waals surface area contributed by atoms with E-state index < -0.39 is 17.6 Å². The minimum absolute atomic E-state index is 0.0132. The second-order valence-corrected chi connectivity index (χ2v) is 4.66. The van der Waals surface area contributed by atoms with Gasteiger partial charge in [0, 0.05) is 5.56 Å². The SMILES string of the molecule is CCOC(=N[C@@H](C)CC)NC(=O)c1cccc(C(F)(F)F)c1. The highest BCUT2D eigenvalue weighted by Gasteiger charge is 2.31. The number of alkyl halides is 3. The molecule has 0 unspecified atom stereocenters. The molecule has 0 aliphatic carbocycles. The van der Waals surface area contributed by atoms with Gasteiger partial charge in [-0.3, -0.25) is 10.1 Å². The van der Waals surface area contributed by atoms with Crippen molar-refractivity contribution in [3.63, 3.8) is 0 Å². The van der Waals surface area contributed by atoms with Crippen LogP contribution in [0.2, 0.25) is 0 Å². The van der Waals surface area contributed by atoms with E-state index in [0.717, 1.165) is 18.6 Å². The van der Waals surface area contributed by atoms with Crippen LogP contribution >= 0.6 is 0 Å². The second kappa shape index (κ2) is 7.82. The number of nitrogens with one attached hydrogen (secondary N) is 1. The standard InChI is InChI=1S/C15H19F3N2O2/c1-4-10(3)19-14(22-5-2)20-13(21)11-7-6-8-12(9-11)15(16,17)18/h6-10H,4-5H2,1-3H3,(H,19,20,21)/t10-/m0/s1. The van der Waals surface area contributed by atoms with E-state index in [0.29, 0.717) is 0 Å². The number of benzene rings is 1. The van der Waals surface area contributed by atoms with Crippen molar-refractivity contribution in [2.24, 2.45) is 4.99 Å². The zero-order chi connectivity index (χ0) is 16.8. The molecule has 0 aromatic heterocycles. The first-order chi connectivity index (χ1) is 10.3. The number of hydrogen-bond donors (Lipinski definition) is 1. The van der Waals surface area contributed by atoms with E-state index >= 15 is 0 Å². The molecule has 1 aromatic rings. The van der Waals surface area contributed by atoms with Crippen molar-refractivity contribution < 1.29 is 22.7 Å². The molecular weight excluding hydrogens is 297 g/mol. The Hall–Kier alpha value is -2.05. The molecule has 0 saturated heterocycles. The molecule has 4 nitrogen and oxygen atoms in total. The molecule has 22 heavy (non-hydrogen) atoms. The molecule has 0 heterocycles. The number of amidine groups is 1. The number of ether oxygens (including phenoxy) is 1. The van der Waals surface area contributed by atoms with Gasteiger partial charge in [-0.2, -0.15) is 13.2 Å². The quantitative estimate of drug-likeness (QED) is 0.681.